The number of benzene rings is 1. The Morgan fingerprint density at radius 2 is 1.01 bits per heavy atom. The van der Waals surface area contributed by atoms with Crippen molar-refractivity contribution in [1.82, 2.24) is 47.0 Å². The molecule has 11 atom stereocenters. The zero-order valence-electron chi connectivity index (χ0n) is 44.9. The molecule has 1 aromatic rings. The average Bonchev–Trinajstić information content (AvgIpc) is 4.10. The van der Waals surface area contributed by atoms with Gasteiger partial charge in [-0.2, -0.15) is 0 Å². The highest BCUT2D eigenvalue weighted by Gasteiger charge is 2.45. The van der Waals surface area contributed by atoms with Crippen LogP contribution < -0.4 is 53.0 Å². The molecule has 1 aromatic carbocycles. The Labute approximate surface area is 447 Å². The minimum Gasteiger partial charge on any atom is -0.462 e. The molecular weight excluding hydrogens is 1010 g/mol. The molecule has 0 aromatic heterocycles. The number of aliphatic hydroxyl groups is 4. The molecule has 0 unspecified atom stereocenters. The van der Waals surface area contributed by atoms with Gasteiger partial charge >= 0.3 is 0 Å². The first kappa shape index (κ1) is 63.0. The summed E-state index contributed by atoms with van der Waals surface area (Å²) >= 11 is 0. The first-order valence-corrected chi connectivity index (χ1v) is 26.0. The zero-order chi connectivity index (χ0) is 57.4. The van der Waals surface area contributed by atoms with Gasteiger partial charge in [0.05, 0.1) is 38.8 Å². The Kier molecular flexibility index (Phi) is 24.0. The van der Waals surface area contributed by atoms with Gasteiger partial charge in [0.1, 0.15) is 60.4 Å². The van der Waals surface area contributed by atoms with Crippen LogP contribution in [0.25, 0.3) is 0 Å². The summed E-state index contributed by atoms with van der Waals surface area (Å²) in [5.41, 5.74) is 6.33. The van der Waals surface area contributed by atoms with Crippen molar-refractivity contribution in [3.05, 3.63) is 24.3 Å². The summed E-state index contributed by atoms with van der Waals surface area (Å²) in [6, 6.07) is -0.166. The van der Waals surface area contributed by atoms with E-state index in [0.29, 0.717) is 31.5 Å². The van der Waals surface area contributed by atoms with Crippen molar-refractivity contribution in [2.75, 3.05) is 51.2 Å². The number of anilines is 1. The molecule has 27 nitrogen and oxygen atoms in total. The quantitative estimate of drug-likeness (QED) is 0.0440. The number of hydrogen-bond acceptors (Lipinski definition) is 17. The number of aliphatic hydroxyl groups excluding tert-OH is 4. The van der Waals surface area contributed by atoms with Crippen molar-refractivity contribution in [2.24, 2.45) is 29.4 Å². The van der Waals surface area contributed by atoms with Gasteiger partial charge in [-0.3, -0.25) is 47.9 Å². The summed E-state index contributed by atoms with van der Waals surface area (Å²) in [7, 11) is 0. The van der Waals surface area contributed by atoms with E-state index in [2.05, 4.69) is 42.5 Å². The molecule has 77 heavy (non-hydrogen) atoms. The molecule has 10 amide bonds. The van der Waals surface area contributed by atoms with Crippen LogP contribution >= 0.6 is 0 Å². The summed E-state index contributed by atoms with van der Waals surface area (Å²) < 4.78 is 10.9. The third-order valence-corrected chi connectivity index (χ3v) is 13.4. The molecule has 3 fully saturated rings. The van der Waals surface area contributed by atoms with Crippen molar-refractivity contribution in [2.45, 2.75) is 148 Å². The third kappa shape index (κ3) is 17.8. The molecule has 3 aliphatic rings. The molecule has 4 rings (SSSR count). The highest BCUT2D eigenvalue weighted by atomic mass is 16.7. The maximum atomic E-state index is 13.9. The number of amides is 10. The number of nitrogens with one attached hydrogen (secondary N) is 8. The highest BCUT2D eigenvalue weighted by Crippen LogP contribution is 2.26. The minimum atomic E-state index is -1.63. The van der Waals surface area contributed by atoms with Crippen molar-refractivity contribution in [3.8, 4) is 5.75 Å². The standard InChI is InChI=1S/C50H79N11O16/c1-24(2)37(51)48(74)60-17-9-11-30(60)44(70)52-20-34(64)58-39(26(5)6)47(73)55-22-36(66)59-40(27(7)8)49(75)61-18-10-12-31(61)45(71)53-21-35(65)57-38(25(3)4)46(72)54-19-33(63)56-28-13-15-29(16-14-28)76-50-43(69)42(68)41(67)32(23-62)77-50/h13-16,24-27,30-32,37-43,50,62,67-69H,9-12,17-23,51H2,1-8H3,(H,52,70)(H,53,71)(H,54,72)(H,55,73)(H,56,63)(H,57,65)(H,58,64)(H,59,66)/t30-,31-,32-,37-,38-,39-,40-,41-,42+,43+,50+/m0/s1. The van der Waals surface area contributed by atoms with E-state index < -0.39 is 171 Å². The van der Waals surface area contributed by atoms with E-state index in [1.807, 2.05) is 0 Å². The number of ether oxygens (including phenoxy) is 2. The number of rotatable bonds is 25. The second-order valence-electron chi connectivity index (χ2n) is 20.8. The first-order valence-electron chi connectivity index (χ1n) is 26.0. The van der Waals surface area contributed by atoms with Crippen LogP contribution in [0.4, 0.5) is 5.69 Å². The summed E-state index contributed by atoms with van der Waals surface area (Å²) in [6.45, 7) is 11.5. The number of carbonyl (C=O) groups is 10. The van der Waals surface area contributed by atoms with Crippen LogP contribution in [0.1, 0.15) is 81.1 Å². The van der Waals surface area contributed by atoms with Crippen LogP contribution in [-0.2, 0) is 52.7 Å². The summed E-state index contributed by atoms with van der Waals surface area (Å²) in [4.78, 5) is 134. The Morgan fingerprint density at radius 1 is 0.584 bits per heavy atom. The fourth-order valence-corrected chi connectivity index (χ4v) is 8.76. The van der Waals surface area contributed by atoms with Crippen LogP contribution in [0.5, 0.6) is 5.75 Å². The minimum absolute atomic E-state index is 0.135. The number of carbonyl (C=O) groups excluding carboxylic acids is 10. The maximum Gasteiger partial charge on any atom is 0.246 e. The Morgan fingerprint density at radius 3 is 1.45 bits per heavy atom. The van der Waals surface area contributed by atoms with Crippen molar-refractivity contribution < 1.29 is 77.8 Å². The predicted molar refractivity (Wildman–Crippen MR) is 274 cm³/mol. The zero-order valence-corrected chi connectivity index (χ0v) is 44.9. The fourth-order valence-electron chi connectivity index (χ4n) is 8.76. The van der Waals surface area contributed by atoms with E-state index in [-0.39, 0.29) is 30.5 Å². The van der Waals surface area contributed by atoms with Gasteiger partial charge < -0.3 is 88.0 Å². The van der Waals surface area contributed by atoms with E-state index in [1.165, 1.54) is 34.1 Å². The second-order valence-corrected chi connectivity index (χ2v) is 20.8. The van der Waals surface area contributed by atoms with Gasteiger partial charge in [0.15, 0.2) is 0 Å². The Balaban J connectivity index is 1.21. The largest absolute Gasteiger partial charge is 0.462 e. The lowest BCUT2D eigenvalue weighted by Gasteiger charge is -2.39. The molecule has 3 heterocycles. The molecule has 3 saturated heterocycles. The van der Waals surface area contributed by atoms with Gasteiger partial charge in [0.2, 0.25) is 65.4 Å². The van der Waals surface area contributed by atoms with Crippen LogP contribution in [0, 0.1) is 23.7 Å². The van der Waals surface area contributed by atoms with Crippen molar-refractivity contribution in [1.29, 1.82) is 0 Å². The van der Waals surface area contributed by atoms with Crippen LogP contribution in [0.15, 0.2) is 24.3 Å². The highest BCUT2D eigenvalue weighted by molar-refractivity contribution is 5.98. The molecule has 430 valence electrons. The van der Waals surface area contributed by atoms with E-state index in [1.54, 1.807) is 55.4 Å². The van der Waals surface area contributed by atoms with Gasteiger partial charge in [-0.1, -0.05) is 55.4 Å². The van der Waals surface area contributed by atoms with E-state index in [9.17, 15) is 68.4 Å². The molecule has 0 bridgehead atoms. The van der Waals surface area contributed by atoms with E-state index >= 15 is 0 Å². The summed E-state index contributed by atoms with van der Waals surface area (Å²) in [6.07, 6.45) is -5.70. The number of likely N-dealkylation sites (tertiary alicyclic amines) is 2. The summed E-state index contributed by atoms with van der Waals surface area (Å²) in [5, 5.41) is 60.0. The van der Waals surface area contributed by atoms with Crippen molar-refractivity contribution in [3.63, 3.8) is 0 Å². The lowest BCUT2D eigenvalue weighted by atomic mass is 9.99. The monoisotopic (exact) mass is 1090 g/mol. The SMILES string of the molecule is CC(C)[C@H](N)C(=O)N1CCC[C@H]1C(=O)NCC(=O)N[C@H](C(=O)NCC(=O)N[C@H](C(=O)N1CCC[C@H]1C(=O)NCC(=O)N[C@H](C(=O)NCC(=O)Nc1ccc(O[C@@H]2O[C@@H](CO)[C@H](O)[C@@H](O)[C@H]2O)cc1)C(C)C)C(C)C)C(C)C. The molecule has 0 radical (unpaired) electrons. The smallest absolute Gasteiger partial charge is 0.246 e. The molecule has 14 N–H and O–H groups in total. The van der Waals surface area contributed by atoms with Gasteiger partial charge in [0, 0.05) is 18.8 Å². The summed E-state index contributed by atoms with van der Waals surface area (Å²) in [5.74, 6) is -7.58. The Bertz CT molecular complexity index is 2250. The van der Waals surface area contributed by atoms with Crippen LogP contribution in [0.2, 0.25) is 0 Å². The van der Waals surface area contributed by atoms with Gasteiger partial charge in [0.25, 0.3) is 0 Å². The maximum absolute atomic E-state index is 13.9. The number of nitrogens with zero attached hydrogens (tertiary/aromatic N) is 2. The lowest BCUT2D eigenvalue weighted by molar-refractivity contribution is -0.277. The Hall–Kier alpha value is -6.52. The van der Waals surface area contributed by atoms with E-state index in [4.69, 9.17) is 15.2 Å². The topological polar surface area (TPSA) is 399 Å². The average molecular weight is 1090 g/mol. The number of nitrogens with two attached hydrogens (primary N) is 1. The lowest BCUT2D eigenvalue weighted by Crippen LogP contribution is -2.60. The van der Waals surface area contributed by atoms with Crippen LogP contribution in [0.3, 0.4) is 0 Å². The van der Waals surface area contributed by atoms with Crippen LogP contribution in [-0.4, -0.2) is 202 Å². The normalized spacial score (nSPS) is 22.8. The second kappa shape index (κ2) is 29.3. The predicted octanol–water partition coefficient (Wildman–Crippen LogP) is -4.34. The van der Waals surface area contributed by atoms with Crippen molar-refractivity contribution >= 4 is 64.8 Å². The number of hydrogen-bond donors (Lipinski definition) is 13. The first-order chi connectivity index (χ1) is 36.2. The molecule has 0 spiro atoms. The molecule has 3 aliphatic heterocycles. The third-order valence-electron chi connectivity index (χ3n) is 13.4. The molecule has 0 aliphatic carbocycles. The van der Waals surface area contributed by atoms with E-state index in [0.717, 1.165) is 0 Å². The molecule has 27 heteroatoms. The molecule has 0 saturated carbocycles. The fraction of sp³-hybridized carbons (Fsp3) is 0.680. The van der Waals surface area contributed by atoms with Gasteiger partial charge in [-0.05, 0) is 73.6 Å². The van der Waals surface area contributed by atoms with Gasteiger partial charge in [-0.15, -0.1) is 0 Å². The van der Waals surface area contributed by atoms with Gasteiger partial charge in [-0.25, -0.2) is 0 Å². The molecular formula is C50H79N11O16.